The zero-order chi connectivity index (χ0) is 17.6. The molecular weight excluding hydrogens is 358 g/mol. The van der Waals surface area contributed by atoms with E-state index in [1.807, 2.05) is 19.1 Å². The molecule has 1 aromatic heterocycles. The molecule has 1 saturated carbocycles. The Bertz CT molecular complexity index is 715. The smallest absolute Gasteiger partial charge is 0.233 e. The summed E-state index contributed by atoms with van der Waals surface area (Å²) in [5.74, 6) is 0.0394. The number of carbonyl (C=O) groups excluding carboxylic acids is 1. The van der Waals surface area contributed by atoms with Gasteiger partial charge in [0.1, 0.15) is 0 Å². The van der Waals surface area contributed by atoms with E-state index in [-0.39, 0.29) is 11.2 Å². The number of benzene rings is 1. The Balaban J connectivity index is 1.64. The third kappa shape index (κ3) is 4.95. The van der Waals surface area contributed by atoms with Crippen LogP contribution in [-0.4, -0.2) is 37.4 Å². The van der Waals surface area contributed by atoms with Crippen molar-refractivity contribution in [2.24, 2.45) is 0 Å². The van der Waals surface area contributed by atoms with Gasteiger partial charge in [-0.05, 0) is 48.4 Å². The Hall–Kier alpha value is -1.60. The molecule has 8 heteroatoms. The van der Waals surface area contributed by atoms with Gasteiger partial charge in [-0.3, -0.25) is 4.79 Å². The predicted octanol–water partition coefficient (Wildman–Crippen LogP) is 3.64. The van der Waals surface area contributed by atoms with E-state index in [9.17, 15) is 4.79 Å². The highest BCUT2D eigenvalue weighted by molar-refractivity contribution is 8.00. The van der Waals surface area contributed by atoms with Crippen LogP contribution >= 0.6 is 23.4 Å². The Labute approximate surface area is 156 Å². The fourth-order valence-corrected chi connectivity index (χ4v) is 3.98. The second-order valence-corrected chi connectivity index (χ2v) is 8.05. The monoisotopic (exact) mass is 379 g/mol. The van der Waals surface area contributed by atoms with Gasteiger partial charge >= 0.3 is 0 Å². The van der Waals surface area contributed by atoms with Crippen molar-refractivity contribution in [2.75, 3.05) is 0 Å². The van der Waals surface area contributed by atoms with Crippen LogP contribution in [0.15, 0.2) is 29.4 Å². The average molecular weight is 380 g/mol. The maximum atomic E-state index is 12.5. The third-order valence-electron chi connectivity index (χ3n) is 4.35. The lowest BCUT2D eigenvalue weighted by Gasteiger charge is -2.19. The highest BCUT2D eigenvalue weighted by Gasteiger charge is 2.22. The minimum absolute atomic E-state index is 0.0394. The van der Waals surface area contributed by atoms with Crippen molar-refractivity contribution in [3.8, 4) is 5.69 Å². The standard InChI is InChI=1S/C17H22ClN5OS/c1-12(16(24)19-14-8-4-2-3-5-9-14)25-17-20-21-22-23(17)15-10-6-7-13(18)11-15/h6-7,10-12,14H,2-5,8-9H2,1H3,(H,19,24)/t12-/m0/s1. The predicted molar refractivity (Wildman–Crippen MR) is 99.1 cm³/mol. The number of rotatable bonds is 5. The molecule has 1 amide bonds. The second kappa shape index (κ2) is 8.67. The van der Waals surface area contributed by atoms with Crippen LogP contribution in [0.25, 0.3) is 5.69 Å². The molecule has 1 N–H and O–H groups in total. The molecule has 0 unspecified atom stereocenters. The van der Waals surface area contributed by atoms with Crippen LogP contribution in [-0.2, 0) is 4.79 Å². The molecule has 134 valence electrons. The van der Waals surface area contributed by atoms with Gasteiger partial charge in [0.15, 0.2) is 0 Å². The van der Waals surface area contributed by atoms with Crippen LogP contribution in [0.2, 0.25) is 5.02 Å². The number of thioether (sulfide) groups is 1. The Morgan fingerprint density at radius 1 is 1.32 bits per heavy atom. The van der Waals surface area contributed by atoms with E-state index < -0.39 is 0 Å². The summed E-state index contributed by atoms with van der Waals surface area (Å²) in [6, 6.07) is 7.60. The molecule has 1 aromatic carbocycles. The summed E-state index contributed by atoms with van der Waals surface area (Å²) >= 11 is 7.39. The summed E-state index contributed by atoms with van der Waals surface area (Å²) < 4.78 is 1.60. The molecule has 3 rings (SSSR count). The van der Waals surface area contributed by atoms with E-state index in [1.54, 1.807) is 16.8 Å². The number of hydrogen-bond acceptors (Lipinski definition) is 5. The summed E-state index contributed by atoms with van der Waals surface area (Å²) in [6.45, 7) is 1.88. The van der Waals surface area contributed by atoms with Crippen molar-refractivity contribution >= 4 is 29.3 Å². The lowest BCUT2D eigenvalue weighted by Crippen LogP contribution is -2.39. The fraction of sp³-hybridized carbons (Fsp3) is 0.529. The van der Waals surface area contributed by atoms with Gasteiger partial charge in [0.05, 0.1) is 10.9 Å². The highest BCUT2D eigenvalue weighted by atomic mass is 35.5. The number of tetrazole rings is 1. The summed E-state index contributed by atoms with van der Waals surface area (Å²) in [6.07, 6.45) is 7.07. The van der Waals surface area contributed by atoms with Crippen molar-refractivity contribution in [3.05, 3.63) is 29.3 Å². The summed E-state index contributed by atoms with van der Waals surface area (Å²) in [4.78, 5) is 12.5. The Morgan fingerprint density at radius 2 is 2.08 bits per heavy atom. The molecule has 1 atom stereocenters. The largest absolute Gasteiger partial charge is 0.352 e. The zero-order valence-corrected chi connectivity index (χ0v) is 15.8. The number of amides is 1. The van der Waals surface area contributed by atoms with Gasteiger partial charge in [-0.2, -0.15) is 4.68 Å². The Kier molecular flexibility index (Phi) is 6.31. The molecule has 1 heterocycles. The van der Waals surface area contributed by atoms with Crippen LogP contribution in [0.4, 0.5) is 0 Å². The van der Waals surface area contributed by atoms with Crippen molar-refractivity contribution in [1.82, 2.24) is 25.5 Å². The number of carbonyl (C=O) groups is 1. The van der Waals surface area contributed by atoms with Crippen molar-refractivity contribution in [2.45, 2.75) is 61.9 Å². The van der Waals surface area contributed by atoms with Crippen molar-refractivity contribution in [3.63, 3.8) is 0 Å². The second-order valence-electron chi connectivity index (χ2n) is 6.31. The van der Waals surface area contributed by atoms with Crippen LogP contribution in [0, 0.1) is 0 Å². The fourth-order valence-electron chi connectivity index (χ4n) is 2.98. The van der Waals surface area contributed by atoms with Crippen LogP contribution in [0.3, 0.4) is 0 Å². The number of halogens is 1. The van der Waals surface area contributed by atoms with Gasteiger partial charge in [0.25, 0.3) is 0 Å². The van der Waals surface area contributed by atoms with Gasteiger partial charge in [-0.25, -0.2) is 0 Å². The lowest BCUT2D eigenvalue weighted by molar-refractivity contribution is -0.121. The Morgan fingerprint density at radius 3 is 2.80 bits per heavy atom. The first kappa shape index (κ1) is 18.2. The molecule has 6 nitrogen and oxygen atoms in total. The van der Waals surface area contributed by atoms with Gasteiger partial charge in [-0.1, -0.05) is 55.1 Å². The van der Waals surface area contributed by atoms with E-state index in [0.29, 0.717) is 16.2 Å². The average Bonchev–Trinajstić information content (AvgIpc) is 2.90. The number of nitrogens with one attached hydrogen (secondary N) is 1. The molecule has 0 saturated heterocycles. The molecule has 1 fully saturated rings. The molecule has 0 spiro atoms. The van der Waals surface area contributed by atoms with E-state index in [1.165, 1.54) is 37.4 Å². The van der Waals surface area contributed by atoms with E-state index >= 15 is 0 Å². The van der Waals surface area contributed by atoms with E-state index in [4.69, 9.17) is 11.6 Å². The summed E-state index contributed by atoms with van der Waals surface area (Å²) in [5, 5.41) is 15.9. The van der Waals surface area contributed by atoms with Gasteiger partial charge < -0.3 is 5.32 Å². The maximum Gasteiger partial charge on any atom is 0.233 e. The first-order valence-corrected chi connectivity index (χ1v) is 9.90. The van der Waals surface area contributed by atoms with Crippen molar-refractivity contribution < 1.29 is 4.79 Å². The van der Waals surface area contributed by atoms with Crippen molar-refractivity contribution in [1.29, 1.82) is 0 Å². The third-order valence-corrected chi connectivity index (χ3v) is 5.61. The first-order chi connectivity index (χ1) is 12.1. The quantitative estimate of drug-likeness (QED) is 0.634. The van der Waals surface area contributed by atoms with Crippen LogP contribution in [0.1, 0.15) is 45.4 Å². The van der Waals surface area contributed by atoms with Gasteiger partial charge in [0.2, 0.25) is 11.1 Å². The summed E-state index contributed by atoms with van der Waals surface area (Å²) in [7, 11) is 0. The minimum atomic E-state index is -0.271. The molecular formula is C17H22ClN5OS. The number of nitrogens with zero attached hydrogens (tertiary/aromatic N) is 4. The first-order valence-electron chi connectivity index (χ1n) is 8.65. The molecule has 2 aromatic rings. The summed E-state index contributed by atoms with van der Waals surface area (Å²) in [5.41, 5.74) is 0.774. The van der Waals surface area contributed by atoms with E-state index in [0.717, 1.165) is 18.5 Å². The lowest BCUT2D eigenvalue weighted by atomic mass is 10.1. The maximum absolute atomic E-state index is 12.5. The number of hydrogen-bond donors (Lipinski definition) is 1. The van der Waals surface area contributed by atoms with Gasteiger partial charge in [-0.15, -0.1) is 5.10 Å². The van der Waals surface area contributed by atoms with Crippen LogP contribution < -0.4 is 5.32 Å². The molecule has 0 aliphatic heterocycles. The normalized spacial score (nSPS) is 17.0. The molecule has 0 bridgehead atoms. The molecule has 1 aliphatic carbocycles. The topological polar surface area (TPSA) is 72.7 Å². The minimum Gasteiger partial charge on any atom is -0.352 e. The molecule has 0 radical (unpaired) electrons. The molecule has 25 heavy (non-hydrogen) atoms. The SMILES string of the molecule is C[C@H](Sc1nnnn1-c1cccc(Cl)c1)C(=O)NC1CCCCCC1. The van der Waals surface area contributed by atoms with Gasteiger partial charge in [0, 0.05) is 11.1 Å². The van der Waals surface area contributed by atoms with E-state index in [2.05, 4.69) is 20.8 Å². The van der Waals surface area contributed by atoms with Crippen LogP contribution in [0.5, 0.6) is 0 Å². The molecule has 1 aliphatic rings. The zero-order valence-electron chi connectivity index (χ0n) is 14.2. The number of aromatic nitrogens is 4. The highest BCUT2D eigenvalue weighted by Crippen LogP contribution is 2.25.